The Kier molecular flexibility index (Phi) is 4.67. The van der Waals surface area contributed by atoms with Gasteiger partial charge < -0.3 is 10.1 Å². The van der Waals surface area contributed by atoms with Crippen LogP contribution in [0.25, 0.3) is 0 Å². The number of halogens is 1. The third kappa shape index (κ3) is 3.80. The Morgan fingerprint density at radius 3 is 2.82 bits per heavy atom. The number of amides is 1. The highest BCUT2D eigenvalue weighted by Gasteiger charge is 2.40. The zero-order valence-corrected chi connectivity index (χ0v) is 13.1. The van der Waals surface area contributed by atoms with Crippen LogP contribution in [0.15, 0.2) is 24.3 Å². The monoisotopic (exact) mass is 321 g/mol. The van der Waals surface area contributed by atoms with E-state index in [2.05, 4.69) is 5.32 Å². The second-order valence-electron chi connectivity index (χ2n) is 6.36. The molecule has 2 fully saturated rings. The summed E-state index contributed by atoms with van der Waals surface area (Å²) in [7, 11) is 0. The van der Waals surface area contributed by atoms with Crippen LogP contribution < -0.4 is 5.32 Å². The van der Waals surface area contributed by atoms with E-state index in [0.717, 1.165) is 12.3 Å². The van der Waals surface area contributed by atoms with Gasteiger partial charge in [-0.15, -0.1) is 0 Å². The van der Waals surface area contributed by atoms with Crippen LogP contribution in [0.5, 0.6) is 0 Å². The van der Waals surface area contributed by atoms with Crippen LogP contribution in [-0.4, -0.2) is 18.5 Å². The Bertz CT molecular complexity index is 575. The van der Waals surface area contributed by atoms with Crippen LogP contribution in [0.2, 0.25) is 5.02 Å². The second kappa shape index (κ2) is 6.69. The SMILES string of the molecule is O=C(COC(=O)C[C@@H]1C[C@@H]2CC[C@@H]1C2)Nc1cccc(Cl)c1. The first-order chi connectivity index (χ1) is 10.6. The van der Waals surface area contributed by atoms with Crippen molar-refractivity contribution in [1.29, 1.82) is 0 Å². The molecule has 3 rings (SSSR count). The van der Waals surface area contributed by atoms with Crippen molar-refractivity contribution in [3.8, 4) is 0 Å². The van der Waals surface area contributed by atoms with Gasteiger partial charge in [0, 0.05) is 17.1 Å². The third-order valence-electron chi connectivity index (χ3n) is 4.79. The molecule has 5 heteroatoms. The molecule has 0 aromatic heterocycles. The molecule has 2 aliphatic carbocycles. The summed E-state index contributed by atoms with van der Waals surface area (Å²) < 4.78 is 5.09. The highest BCUT2D eigenvalue weighted by atomic mass is 35.5. The molecule has 3 atom stereocenters. The van der Waals surface area contributed by atoms with Crippen molar-refractivity contribution in [1.82, 2.24) is 0 Å². The topological polar surface area (TPSA) is 55.4 Å². The number of ether oxygens (including phenoxy) is 1. The second-order valence-corrected chi connectivity index (χ2v) is 6.79. The molecule has 118 valence electrons. The lowest BCUT2D eigenvalue weighted by atomic mass is 9.86. The standard InChI is InChI=1S/C17H20ClNO3/c18-14-2-1-3-15(9-14)19-16(20)10-22-17(21)8-13-7-11-4-5-12(13)6-11/h1-3,9,11-13H,4-8,10H2,(H,19,20)/t11-,12-,13+/m1/s1. The quantitative estimate of drug-likeness (QED) is 0.842. The van der Waals surface area contributed by atoms with E-state index in [-0.39, 0.29) is 18.5 Å². The Morgan fingerprint density at radius 1 is 1.27 bits per heavy atom. The summed E-state index contributed by atoms with van der Waals surface area (Å²) in [5.41, 5.74) is 0.599. The van der Waals surface area contributed by atoms with Crippen LogP contribution >= 0.6 is 11.6 Å². The first kappa shape index (κ1) is 15.3. The zero-order valence-electron chi connectivity index (χ0n) is 12.4. The van der Waals surface area contributed by atoms with Gasteiger partial charge in [0.2, 0.25) is 0 Å². The minimum Gasteiger partial charge on any atom is -0.456 e. The molecule has 0 aliphatic heterocycles. The van der Waals surface area contributed by atoms with Crippen molar-refractivity contribution in [2.75, 3.05) is 11.9 Å². The summed E-state index contributed by atoms with van der Waals surface area (Å²) in [4.78, 5) is 23.6. The van der Waals surface area contributed by atoms with Crippen LogP contribution in [0.4, 0.5) is 5.69 Å². The first-order valence-corrected chi connectivity index (χ1v) is 8.19. The molecule has 0 unspecified atom stereocenters. The van der Waals surface area contributed by atoms with Crippen LogP contribution in [0.1, 0.15) is 32.1 Å². The average molecular weight is 322 g/mol. The number of benzene rings is 1. The minimum atomic E-state index is -0.344. The molecule has 0 heterocycles. The van der Waals surface area contributed by atoms with E-state index < -0.39 is 0 Å². The number of nitrogens with one attached hydrogen (secondary N) is 1. The first-order valence-electron chi connectivity index (χ1n) is 7.81. The molecular formula is C17H20ClNO3. The lowest BCUT2D eigenvalue weighted by Gasteiger charge is -2.20. The van der Waals surface area contributed by atoms with Gasteiger partial charge in [-0.1, -0.05) is 24.1 Å². The lowest BCUT2D eigenvalue weighted by Crippen LogP contribution is -2.23. The number of carbonyl (C=O) groups excluding carboxylic acids is 2. The molecule has 1 aromatic rings. The van der Waals surface area contributed by atoms with Crippen molar-refractivity contribution in [3.05, 3.63) is 29.3 Å². The molecule has 22 heavy (non-hydrogen) atoms. The van der Waals surface area contributed by atoms with Crippen molar-refractivity contribution >= 4 is 29.2 Å². The molecule has 0 radical (unpaired) electrons. The van der Waals surface area contributed by atoms with Crippen LogP contribution in [-0.2, 0) is 14.3 Å². The van der Waals surface area contributed by atoms with E-state index in [1.807, 2.05) is 0 Å². The van der Waals surface area contributed by atoms with Crippen molar-refractivity contribution < 1.29 is 14.3 Å². The van der Waals surface area contributed by atoms with E-state index >= 15 is 0 Å². The number of hydrogen-bond acceptors (Lipinski definition) is 3. The number of rotatable bonds is 5. The maximum absolute atomic E-state index is 11.9. The van der Waals surface area contributed by atoms with E-state index in [9.17, 15) is 9.59 Å². The molecule has 1 amide bonds. The minimum absolute atomic E-state index is 0.244. The summed E-state index contributed by atoms with van der Waals surface area (Å²) in [6, 6.07) is 6.86. The van der Waals surface area contributed by atoms with Gasteiger partial charge in [-0.05, 0) is 55.2 Å². The van der Waals surface area contributed by atoms with E-state index in [0.29, 0.717) is 29.0 Å². The van der Waals surface area contributed by atoms with E-state index in [1.165, 1.54) is 19.3 Å². The molecule has 1 N–H and O–H groups in total. The predicted molar refractivity (Wildman–Crippen MR) is 84.6 cm³/mol. The summed E-state index contributed by atoms with van der Waals surface area (Å²) in [6.07, 6.45) is 5.43. The third-order valence-corrected chi connectivity index (χ3v) is 5.02. The Morgan fingerprint density at radius 2 is 2.14 bits per heavy atom. The molecule has 4 nitrogen and oxygen atoms in total. The van der Waals surface area contributed by atoms with Crippen molar-refractivity contribution in [3.63, 3.8) is 0 Å². The average Bonchev–Trinajstić information content (AvgIpc) is 3.08. The normalized spacial score (nSPS) is 26.0. The van der Waals surface area contributed by atoms with E-state index in [1.54, 1.807) is 24.3 Å². The highest BCUT2D eigenvalue weighted by molar-refractivity contribution is 6.30. The van der Waals surface area contributed by atoms with Gasteiger partial charge in [0.25, 0.3) is 5.91 Å². The van der Waals surface area contributed by atoms with Crippen LogP contribution in [0.3, 0.4) is 0 Å². The van der Waals surface area contributed by atoms with Crippen molar-refractivity contribution in [2.45, 2.75) is 32.1 Å². The predicted octanol–water partition coefficient (Wildman–Crippen LogP) is 3.65. The number of anilines is 1. The van der Waals surface area contributed by atoms with Gasteiger partial charge in [-0.3, -0.25) is 9.59 Å². The van der Waals surface area contributed by atoms with Crippen molar-refractivity contribution in [2.24, 2.45) is 17.8 Å². The van der Waals surface area contributed by atoms with Gasteiger partial charge in [-0.2, -0.15) is 0 Å². The number of carbonyl (C=O) groups is 2. The maximum Gasteiger partial charge on any atom is 0.306 e. The number of hydrogen-bond donors (Lipinski definition) is 1. The fourth-order valence-electron chi connectivity index (χ4n) is 3.81. The molecular weight excluding hydrogens is 302 g/mol. The molecule has 2 bridgehead atoms. The Hall–Kier alpha value is -1.55. The number of esters is 1. The molecule has 2 saturated carbocycles. The lowest BCUT2D eigenvalue weighted by molar-refractivity contribution is -0.148. The summed E-state index contributed by atoms with van der Waals surface area (Å²) in [6.45, 7) is -0.244. The smallest absolute Gasteiger partial charge is 0.306 e. The highest BCUT2D eigenvalue weighted by Crippen LogP contribution is 2.49. The molecule has 0 spiro atoms. The van der Waals surface area contributed by atoms with Gasteiger partial charge in [0.05, 0.1) is 0 Å². The molecule has 2 aliphatic rings. The van der Waals surface area contributed by atoms with Gasteiger partial charge in [0.1, 0.15) is 0 Å². The van der Waals surface area contributed by atoms with Gasteiger partial charge in [0.15, 0.2) is 6.61 Å². The molecule has 1 aromatic carbocycles. The Balaban J connectivity index is 1.40. The zero-order chi connectivity index (χ0) is 15.5. The fraction of sp³-hybridized carbons (Fsp3) is 0.529. The summed E-state index contributed by atoms with van der Waals surface area (Å²) in [5, 5.41) is 3.21. The Labute approximate surface area is 135 Å². The molecule has 0 saturated heterocycles. The summed E-state index contributed by atoms with van der Waals surface area (Å²) in [5.74, 6) is 1.36. The largest absolute Gasteiger partial charge is 0.456 e. The van der Waals surface area contributed by atoms with Gasteiger partial charge >= 0.3 is 5.97 Å². The maximum atomic E-state index is 11.9. The fourth-order valence-corrected chi connectivity index (χ4v) is 4.00. The number of fused-ring (bicyclic) bond motifs is 2. The van der Waals surface area contributed by atoms with Gasteiger partial charge in [-0.25, -0.2) is 0 Å². The van der Waals surface area contributed by atoms with E-state index in [4.69, 9.17) is 16.3 Å². The van der Waals surface area contributed by atoms with Crippen LogP contribution in [0, 0.1) is 17.8 Å². The summed E-state index contributed by atoms with van der Waals surface area (Å²) >= 11 is 5.85.